The summed E-state index contributed by atoms with van der Waals surface area (Å²) in [7, 11) is -7.27. The molecule has 4 aromatic carbocycles. The lowest BCUT2D eigenvalue weighted by Crippen LogP contribution is -2.42. The van der Waals surface area contributed by atoms with Crippen molar-refractivity contribution in [1.82, 2.24) is 10.3 Å². The van der Waals surface area contributed by atoms with Gasteiger partial charge in [0.15, 0.2) is 7.14 Å². The van der Waals surface area contributed by atoms with Crippen LogP contribution in [0.5, 0.6) is 0 Å². The smallest absolute Gasteiger partial charge is 0.253 e. The molecule has 0 aromatic heterocycles. The maximum Gasteiger partial charge on any atom is 0.253 e. The van der Waals surface area contributed by atoms with E-state index in [1.807, 2.05) is 97.9 Å². The zero-order valence-corrected chi connectivity index (χ0v) is 19.8. The van der Waals surface area contributed by atoms with Crippen molar-refractivity contribution < 1.29 is 13.0 Å². The topological polar surface area (TPSA) is 75.3 Å². The Morgan fingerprint density at radius 2 is 1.12 bits per heavy atom. The standard InChI is InChI=1S/C26H25N2O3PS/c1-21-17-19-25(20-18-21)33(30,31)28-27-26(22-11-5-2-6-12-22)32(29,23-13-7-3-8-14-23)24-15-9-4-10-16-24/h2-20,26-28H,1H3. The Labute approximate surface area is 194 Å². The van der Waals surface area contributed by atoms with Crippen LogP contribution >= 0.6 is 7.14 Å². The molecule has 1 unspecified atom stereocenters. The maximum atomic E-state index is 14.9. The second-order valence-electron chi connectivity index (χ2n) is 7.71. The summed E-state index contributed by atoms with van der Waals surface area (Å²) in [4.78, 5) is 2.62. The highest BCUT2D eigenvalue weighted by molar-refractivity contribution is 7.89. The summed E-state index contributed by atoms with van der Waals surface area (Å²) in [5.74, 6) is -0.830. The van der Waals surface area contributed by atoms with E-state index >= 15 is 0 Å². The van der Waals surface area contributed by atoms with Crippen molar-refractivity contribution in [3.63, 3.8) is 0 Å². The third-order valence-corrected chi connectivity index (χ3v) is 9.98. The van der Waals surface area contributed by atoms with Crippen LogP contribution in [0.15, 0.2) is 120 Å². The molecule has 7 heteroatoms. The van der Waals surface area contributed by atoms with E-state index in [2.05, 4.69) is 10.3 Å². The van der Waals surface area contributed by atoms with Gasteiger partial charge < -0.3 is 4.57 Å². The fourth-order valence-electron chi connectivity index (χ4n) is 3.68. The average molecular weight is 477 g/mol. The highest BCUT2D eigenvalue weighted by atomic mass is 32.2. The van der Waals surface area contributed by atoms with Crippen LogP contribution in [0, 0.1) is 6.92 Å². The Morgan fingerprint density at radius 1 is 0.667 bits per heavy atom. The SMILES string of the molecule is Cc1ccc(S(=O)(=O)NNC(c2ccccc2)P(=O)(c2ccccc2)c2ccccc2)cc1. The Hall–Kier alpha value is -3.02. The van der Waals surface area contributed by atoms with Gasteiger partial charge in [-0.1, -0.05) is 109 Å². The predicted molar refractivity (Wildman–Crippen MR) is 134 cm³/mol. The number of rotatable bonds is 8. The maximum absolute atomic E-state index is 14.9. The van der Waals surface area contributed by atoms with E-state index in [4.69, 9.17) is 0 Å². The number of hydrazine groups is 1. The van der Waals surface area contributed by atoms with E-state index in [-0.39, 0.29) is 4.90 Å². The molecule has 0 spiro atoms. The summed E-state index contributed by atoms with van der Waals surface area (Å²) in [5, 5.41) is 1.26. The first-order valence-corrected chi connectivity index (χ1v) is 13.8. The normalized spacial score (nSPS) is 12.9. The molecule has 0 aliphatic carbocycles. The second-order valence-corrected chi connectivity index (χ2v) is 12.3. The molecule has 2 N–H and O–H groups in total. The van der Waals surface area contributed by atoms with Gasteiger partial charge in [0, 0.05) is 10.6 Å². The molecule has 0 fully saturated rings. The summed E-state index contributed by atoms with van der Waals surface area (Å²) in [5.41, 5.74) is 4.59. The molecule has 4 rings (SSSR count). The zero-order valence-electron chi connectivity index (χ0n) is 18.1. The first kappa shape index (κ1) is 23.1. The van der Waals surface area contributed by atoms with Crippen molar-refractivity contribution in [2.24, 2.45) is 0 Å². The van der Waals surface area contributed by atoms with Crippen LogP contribution in [0.4, 0.5) is 0 Å². The van der Waals surface area contributed by atoms with Crippen LogP contribution in [-0.4, -0.2) is 8.42 Å². The average Bonchev–Trinajstić information content (AvgIpc) is 2.86. The minimum atomic E-state index is -3.89. The van der Waals surface area contributed by atoms with Crippen molar-refractivity contribution in [2.45, 2.75) is 17.6 Å². The van der Waals surface area contributed by atoms with Gasteiger partial charge in [-0.05, 0) is 24.6 Å². The lowest BCUT2D eigenvalue weighted by atomic mass is 10.2. The molecule has 0 heterocycles. The lowest BCUT2D eigenvalue weighted by molar-refractivity contribution is 0.531. The van der Waals surface area contributed by atoms with Crippen molar-refractivity contribution in [2.75, 3.05) is 0 Å². The first-order chi connectivity index (χ1) is 15.9. The fourth-order valence-corrected chi connectivity index (χ4v) is 7.61. The summed E-state index contributed by atoms with van der Waals surface area (Å²) in [6, 6.07) is 34.2. The van der Waals surface area contributed by atoms with E-state index in [0.717, 1.165) is 5.56 Å². The highest BCUT2D eigenvalue weighted by Gasteiger charge is 2.38. The largest absolute Gasteiger partial charge is 0.312 e. The van der Waals surface area contributed by atoms with Crippen LogP contribution < -0.4 is 20.9 Å². The molecule has 168 valence electrons. The van der Waals surface area contributed by atoms with Gasteiger partial charge in [0.1, 0.15) is 5.78 Å². The molecular formula is C26H25N2O3PS. The molecule has 5 nitrogen and oxygen atoms in total. The molecule has 0 saturated heterocycles. The number of hydrogen-bond donors (Lipinski definition) is 2. The molecule has 0 saturated carbocycles. The van der Waals surface area contributed by atoms with Gasteiger partial charge in [0.05, 0.1) is 4.90 Å². The van der Waals surface area contributed by atoms with E-state index in [9.17, 15) is 13.0 Å². The van der Waals surface area contributed by atoms with E-state index in [0.29, 0.717) is 16.2 Å². The lowest BCUT2D eigenvalue weighted by Gasteiger charge is -2.30. The van der Waals surface area contributed by atoms with Crippen LogP contribution in [0.25, 0.3) is 0 Å². The zero-order chi connectivity index (χ0) is 23.3. The molecule has 0 bridgehead atoms. The molecule has 0 aliphatic heterocycles. The van der Waals surface area contributed by atoms with Gasteiger partial charge in [-0.15, -0.1) is 4.83 Å². The third-order valence-electron chi connectivity index (χ3n) is 5.42. The van der Waals surface area contributed by atoms with Crippen molar-refractivity contribution in [1.29, 1.82) is 0 Å². The molecular weight excluding hydrogens is 451 g/mol. The van der Waals surface area contributed by atoms with Gasteiger partial charge in [0.25, 0.3) is 10.0 Å². The Bertz CT molecular complexity index is 1300. The second kappa shape index (κ2) is 9.86. The number of aryl methyl sites for hydroxylation is 1. The Morgan fingerprint density at radius 3 is 1.61 bits per heavy atom. The summed E-state index contributed by atoms with van der Waals surface area (Å²) < 4.78 is 40.9. The van der Waals surface area contributed by atoms with Gasteiger partial charge in [-0.3, -0.25) is 0 Å². The molecule has 0 amide bonds. The molecule has 1 atom stereocenters. The summed E-state index contributed by atoms with van der Waals surface area (Å²) >= 11 is 0. The number of benzene rings is 4. The van der Waals surface area contributed by atoms with Gasteiger partial charge in [0.2, 0.25) is 0 Å². The van der Waals surface area contributed by atoms with Crippen LogP contribution in [0.3, 0.4) is 0 Å². The summed E-state index contributed by atoms with van der Waals surface area (Å²) in [6.45, 7) is 1.89. The molecule has 0 aliphatic rings. The Kier molecular flexibility index (Phi) is 6.91. The third kappa shape index (κ3) is 5.00. The molecule has 0 radical (unpaired) electrons. The van der Waals surface area contributed by atoms with Gasteiger partial charge >= 0.3 is 0 Å². The number of sulfonamides is 1. The predicted octanol–water partition coefficient (Wildman–Crippen LogP) is 4.49. The number of nitrogens with one attached hydrogen (secondary N) is 2. The van der Waals surface area contributed by atoms with E-state index < -0.39 is 22.9 Å². The van der Waals surface area contributed by atoms with Crippen molar-refractivity contribution >= 4 is 27.8 Å². The minimum Gasteiger partial charge on any atom is -0.312 e. The quantitative estimate of drug-likeness (QED) is 0.290. The summed E-state index contributed by atoms with van der Waals surface area (Å²) in [6.07, 6.45) is 0. The first-order valence-electron chi connectivity index (χ1n) is 10.5. The van der Waals surface area contributed by atoms with E-state index in [1.54, 1.807) is 24.3 Å². The van der Waals surface area contributed by atoms with Gasteiger partial charge in [-0.25, -0.2) is 13.8 Å². The molecule has 4 aromatic rings. The van der Waals surface area contributed by atoms with Crippen molar-refractivity contribution in [3.05, 3.63) is 126 Å². The van der Waals surface area contributed by atoms with Gasteiger partial charge in [-0.2, -0.15) is 0 Å². The van der Waals surface area contributed by atoms with Crippen LogP contribution in [0.1, 0.15) is 16.9 Å². The number of hydrogen-bond acceptors (Lipinski definition) is 4. The molecule has 33 heavy (non-hydrogen) atoms. The Balaban J connectivity index is 1.81. The van der Waals surface area contributed by atoms with E-state index in [1.165, 1.54) is 0 Å². The fraction of sp³-hybridized carbons (Fsp3) is 0.0769. The monoisotopic (exact) mass is 476 g/mol. The van der Waals surface area contributed by atoms with Crippen molar-refractivity contribution in [3.8, 4) is 0 Å². The highest BCUT2D eigenvalue weighted by Crippen LogP contribution is 2.55. The van der Waals surface area contributed by atoms with Crippen LogP contribution in [-0.2, 0) is 14.6 Å². The van der Waals surface area contributed by atoms with Crippen LogP contribution in [0.2, 0.25) is 0 Å². The minimum absolute atomic E-state index is 0.127.